The van der Waals surface area contributed by atoms with Crippen molar-refractivity contribution >= 4 is 50.5 Å². The van der Waals surface area contributed by atoms with Gasteiger partial charge in [0.2, 0.25) is 5.91 Å². The molecule has 37 heavy (non-hydrogen) atoms. The average molecular weight is 572 g/mol. The van der Waals surface area contributed by atoms with Crippen LogP contribution < -0.4 is 10.6 Å². The van der Waals surface area contributed by atoms with Gasteiger partial charge in [-0.05, 0) is 42.7 Å². The number of benzene rings is 2. The molecule has 0 aliphatic heterocycles. The lowest BCUT2D eigenvalue weighted by Gasteiger charge is -2.16. The summed E-state index contributed by atoms with van der Waals surface area (Å²) in [5, 5.41) is 18.8. The first kappa shape index (κ1) is 26.8. The van der Waals surface area contributed by atoms with Gasteiger partial charge < -0.3 is 10.6 Å². The first-order chi connectivity index (χ1) is 17.3. The van der Waals surface area contributed by atoms with E-state index >= 15 is 0 Å². The number of amides is 1. The van der Waals surface area contributed by atoms with Crippen molar-refractivity contribution in [2.24, 2.45) is 5.92 Å². The van der Waals surface area contributed by atoms with Crippen molar-refractivity contribution in [2.45, 2.75) is 30.5 Å². The average Bonchev–Trinajstić information content (AvgIpc) is 3.60. The minimum Gasteiger partial charge on any atom is -0.364 e. The van der Waals surface area contributed by atoms with Crippen LogP contribution in [0.4, 0.5) is 24.7 Å². The number of alkyl halides is 3. The van der Waals surface area contributed by atoms with Gasteiger partial charge in [-0.25, -0.2) is 13.1 Å². The van der Waals surface area contributed by atoms with Crippen LogP contribution in [0.1, 0.15) is 29.7 Å². The Bertz CT molecular complexity index is 1500. The van der Waals surface area contributed by atoms with E-state index in [0.717, 1.165) is 10.9 Å². The van der Waals surface area contributed by atoms with Gasteiger partial charge >= 0.3 is 6.18 Å². The predicted molar refractivity (Wildman–Crippen MR) is 132 cm³/mol. The first-order valence-electron chi connectivity index (χ1n) is 10.7. The quantitative estimate of drug-likeness (QED) is 0.390. The van der Waals surface area contributed by atoms with E-state index in [-0.39, 0.29) is 56.2 Å². The van der Waals surface area contributed by atoms with Gasteiger partial charge in [0.1, 0.15) is 17.4 Å². The van der Waals surface area contributed by atoms with Crippen molar-refractivity contribution < 1.29 is 26.4 Å². The van der Waals surface area contributed by atoms with Crippen molar-refractivity contribution in [2.75, 3.05) is 16.9 Å². The molecule has 0 bridgehead atoms. The van der Waals surface area contributed by atoms with E-state index in [0.29, 0.717) is 30.5 Å². The van der Waals surface area contributed by atoms with E-state index in [9.17, 15) is 31.6 Å². The highest BCUT2D eigenvalue weighted by molar-refractivity contribution is 7.90. The number of carbonyl (C=O) groups is 1. The summed E-state index contributed by atoms with van der Waals surface area (Å²) in [6, 6.07) is 9.21. The Hall–Kier alpha value is -3.27. The Labute approximate surface area is 219 Å². The van der Waals surface area contributed by atoms with Crippen molar-refractivity contribution in [1.29, 1.82) is 5.26 Å². The number of nitrogens with zero attached hydrogens (tertiary/aromatic N) is 3. The second-order valence-electron chi connectivity index (χ2n) is 8.42. The van der Waals surface area contributed by atoms with Crippen LogP contribution in [0.3, 0.4) is 0 Å². The maximum Gasteiger partial charge on any atom is 0.416 e. The molecular formula is C23H18Cl2F3N5O3S. The van der Waals surface area contributed by atoms with E-state index in [4.69, 9.17) is 23.2 Å². The molecule has 1 aliphatic carbocycles. The van der Waals surface area contributed by atoms with Gasteiger partial charge in [-0.1, -0.05) is 35.3 Å². The maximum absolute atomic E-state index is 13.2. The molecule has 14 heteroatoms. The molecule has 1 heterocycles. The first-order valence-corrected chi connectivity index (χ1v) is 13.4. The number of nitriles is 1. The molecule has 0 spiro atoms. The van der Waals surface area contributed by atoms with Gasteiger partial charge in [-0.2, -0.15) is 23.5 Å². The minimum absolute atomic E-state index is 0.0131. The van der Waals surface area contributed by atoms with Gasteiger partial charge in [0.15, 0.2) is 21.3 Å². The molecule has 0 radical (unpaired) electrons. The monoisotopic (exact) mass is 571 g/mol. The molecule has 4 rings (SSSR count). The van der Waals surface area contributed by atoms with Crippen molar-refractivity contribution in [3.8, 4) is 11.8 Å². The van der Waals surface area contributed by atoms with E-state index in [2.05, 4.69) is 15.7 Å². The van der Waals surface area contributed by atoms with E-state index in [1.54, 1.807) is 12.1 Å². The van der Waals surface area contributed by atoms with Crippen molar-refractivity contribution in [3.05, 3.63) is 63.3 Å². The second-order valence-corrected chi connectivity index (χ2v) is 11.2. The van der Waals surface area contributed by atoms with Crippen LogP contribution >= 0.6 is 23.2 Å². The van der Waals surface area contributed by atoms with Crippen LogP contribution in [0.15, 0.2) is 41.3 Å². The third kappa shape index (κ3) is 5.84. The Morgan fingerprint density at radius 2 is 1.78 bits per heavy atom. The molecule has 3 aromatic rings. The summed E-state index contributed by atoms with van der Waals surface area (Å²) in [5.74, 6) is -0.493. The van der Waals surface area contributed by atoms with Gasteiger partial charge in [0, 0.05) is 18.7 Å². The van der Waals surface area contributed by atoms with Crippen molar-refractivity contribution in [1.82, 2.24) is 9.78 Å². The van der Waals surface area contributed by atoms with Gasteiger partial charge in [-0.3, -0.25) is 4.79 Å². The SMILES string of the molecule is CS(=O)(=O)c1ccc(CNc2c(NC(=O)C3CC3)c(C#N)nn2-c2c(Cl)cc(C(F)(F)F)cc2Cl)cc1. The highest BCUT2D eigenvalue weighted by atomic mass is 35.5. The van der Waals surface area contributed by atoms with E-state index in [1.165, 1.54) is 12.1 Å². The lowest BCUT2D eigenvalue weighted by Crippen LogP contribution is -2.16. The predicted octanol–water partition coefficient (Wildman–Crippen LogP) is 5.43. The molecule has 1 saturated carbocycles. The fourth-order valence-corrected chi connectivity index (χ4v) is 4.76. The third-order valence-corrected chi connectivity index (χ3v) is 7.26. The van der Waals surface area contributed by atoms with Gasteiger partial charge in [-0.15, -0.1) is 0 Å². The number of carbonyl (C=O) groups excluding carboxylic acids is 1. The molecular weight excluding hydrogens is 554 g/mol. The normalized spacial score (nSPS) is 13.8. The lowest BCUT2D eigenvalue weighted by atomic mass is 10.2. The number of halogens is 5. The summed E-state index contributed by atoms with van der Waals surface area (Å²) in [6.07, 6.45) is -2.24. The highest BCUT2D eigenvalue weighted by Gasteiger charge is 2.34. The molecule has 1 aromatic heterocycles. The number of sulfone groups is 1. The topological polar surface area (TPSA) is 117 Å². The summed E-state index contributed by atoms with van der Waals surface area (Å²) in [5.41, 5.74) is -0.769. The Morgan fingerprint density at radius 3 is 2.27 bits per heavy atom. The van der Waals surface area contributed by atoms with Crippen LogP contribution in [0.5, 0.6) is 0 Å². The molecule has 1 fully saturated rings. The Kier molecular flexibility index (Phi) is 7.16. The second kappa shape index (κ2) is 9.89. The number of hydrogen-bond donors (Lipinski definition) is 2. The Balaban J connectivity index is 1.78. The molecule has 2 aromatic carbocycles. The van der Waals surface area contributed by atoms with Crippen molar-refractivity contribution in [3.63, 3.8) is 0 Å². The van der Waals surface area contributed by atoms with Gasteiger partial charge in [0.25, 0.3) is 0 Å². The smallest absolute Gasteiger partial charge is 0.364 e. The molecule has 8 nitrogen and oxygen atoms in total. The van der Waals surface area contributed by atoms with E-state index in [1.807, 2.05) is 6.07 Å². The zero-order valence-electron chi connectivity index (χ0n) is 19.0. The van der Waals surface area contributed by atoms with Crippen LogP contribution in [-0.4, -0.2) is 30.4 Å². The number of rotatable bonds is 7. The van der Waals surface area contributed by atoms with Gasteiger partial charge in [0.05, 0.1) is 20.5 Å². The highest BCUT2D eigenvalue weighted by Crippen LogP contribution is 2.41. The summed E-state index contributed by atoms with van der Waals surface area (Å²) >= 11 is 12.4. The molecule has 1 amide bonds. The largest absolute Gasteiger partial charge is 0.416 e. The molecule has 194 valence electrons. The fraction of sp³-hybridized carbons (Fsp3) is 0.261. The van der Waals surface area contributed by atoms with Crippen LogP contribution in [0.25, 0.3) is 5.69 Å². The zero-order chi connectivity index (χ0) is 27.1. The summed E-state index contributed by atoms with van der Waals surface area (Å²) < 4.78 is 64.2. The summed E-state index contributed by atoms with van der Waals surface area (Å²) in [6.45, 7) is 0.0722. The molecule has 0 unspecified atom stereocenters. The lowest BCUT2D eigenvalue weighted by molar-refractivity contribution is -0.137. The number of hydrogen-bond acceptors (Lipinski definition) is 6. The number of anilines is 2. The standard InChI is InChI=1S/C23H18Cl2F3N5O3S/c1-37(35,36)15-6-2-12(3-7-15)11-30-21-19(31-22(34)13-4-5-13)18(10-29)32-33(21)20-16(24)8-14(9-17(20)25)23(26,27)28/h2-3,6-9,13,30H,4-5,11H2,1H3,(H,31,34). The summed E-state index contributed by atoms with van der Waals surface area (Å²) in [7, 11) is -3.40. The fourth-order valence-electron chi connectivity index (χ4n) is 3.48. The molecule has 0 atom stereocenters. The molecule has 2 N–H and O–H groups in total. The maximum atomic E-state index is 13.2. The third-order valence-electron chi connectivity index (χ3n) is 5.56. The van der Waals surface area contributed by atoms with Crippen LogP contribution in [0.2, 0.25) is 10.0 Å². The molecule has 1 aliphatic rings. The van der Waals surface area contributed by atoms with Crippen LogP contribution in [0, 0.1) is 17.2 Å². The molecule has 0 saturated heterocycles. The number of aromatic nitrogens is 2. The minimum atomic E-state index is -4.70. The van der Waals surface area contributed by atoms with Crippen LogP contribution in [-0.2, 0) is 27.4 Å². The Morgan fingerprint density at radius 1 is 1.19 bits per heavy atom. The zero-order valence-corrected chi connectivity index (χ0v) is 21.4. The summed E-state index contributed by atoms with van der Waals surface area (Å²) in [4.78, 5) is 12.6. The number of nitrogens with one attached hydrogen (secondary N) is 2. The van der Waals surface area contributed by atoms with E-state index < -0.39 is 21.6 Å².